The zero-order chi connectivity index (χ0) is 18.5. The van der Waals surface area contributed by atoms with Gasteiger partial charge in [0.25, 0.3) is 0 Å². The molecule has 0 atom stereocenters. The van der Waals surface area contributed by atoms with Crippen LogP contribution < -0.4 is 19.1 Å². The van der Waals surface area contributed by atoms with E-state index in [9.17, 15) is 4.39 Å². The van der Waals surface area contributed by atoms with E-state index in [1.165, 1.54) is 14.2 Å². The van der Waals surface area contributed by atoms with Crippen molar-refractivity contribution >= 4 is 5.82 Å². The van der Waals surface area contributed by atoms with Gasteiger partial charge >= 0.3 is 6.01 Å². The van der Waals surface area contributed by atoms with E-state index in [2.05, 4.69) is 19.8 Å². The number of anilines is 1. The molecule has 0 spiro atoms. The number of benzene rings is 1. The second-order valence-electron chi connectivity index (χ2n) is 5.95. The van der Waals surface area contributed by atoms with Gasteiger partial charge in [-0.1, -0.05) is 12.1 Å². The summed E-state index contributed by atoms with van der Waals surface area (Å²) in [6, 6.07) is 7.31. The monoisotopic (exact) mass is 362 g/mol. The smallest absolute Gasteiger partial charge is 0.321 e. The fourth-order valence-electron chi connectivity index (χ4n) is 2.96. The molecule has 140 valence electrons. The highest BCUT2D eigenvalue weighted by molar-refractivity contribution is 5.43. The molecule has 0 radical (unpaired) electrons. The highest BCUT2D eigenvalue weighted by atomic mass is 19.1. The fourth-order valence-corrected chi connectivity index (χ4v) is 2.96. The van der Waals surface area contributed by atoms with Gasteiger partial charge in [-0.25, -0.2) is 4.39 Å². The summed E-state index contributed by atoms with van der Waals surface area (Å²) in [6.45, 7) is 3.69. The van der Waals surface area contributed by atoms with E-state index in [-0.39, 0.29) is 17.6 Å². The third-order valence-electron chi connectivity index (χ3n) is 4.41. The lowest BCUT2D eigenvalue weighted by Crippen LogP contribution is -2.46. The van der Waals surface area contributed by atoms with E-state index in [4.69, 9.17) is 14.2 Å². The fraction of sp³-hybridized carbons (Fsp3) is 0.444. The topological polar surface area (TPSA) is 60.0 Å². The molecule has 1 aliphatic rings. The molecule has 0 amide bonds. The Balaban J connectivity index is 1.65. The number of nitrogens with zero attached hydrogens (tertiary/aromatic N) is 4. The molecule has 1 aromatic carbocycles. The van der Waals surface area contributed by atoms with E-state index in [0.29, 0.717) is 18.0 Å². The van der Waals surface area contributed by atoms with Crippen molar-refractivity contribution in [3.8, 4) is 17.6 Å². The number of methoxy groups -OCH3 is 3. The van der Waals surface area contributed by atoms with Crippen molar-refractivity contribution < 1.29 is 18.6 Å². The van der Waals surface area contributed by atoms with Crippen molar-refractivity contribution in [2.75, 3.05) is 52.4 Å². The third-order valence-corrected chi connectivity index (χ3v) is 4.41. The van der Waals surface area contributed by atoms with Gasteiger partial charge in [0.1, 0.15) is 5.82 Å². The van der Waals surface area contributed by atoms with E-state index >= 15 is 0 Å². The maximum Gasteiger partial charge on any atom is 0.321 e. The molecule has 1 aromatic heterocycles. The Hall–Kier alpha value is -2.61. The van der Waals surface area contributed by atoms with Crippen LogP contribution in [0, 0.1) is 5.82 Å². The number of piperazine rings is 1. The predicted octanol–water partition coefficient (Wildman–Crippen LogP) is 1.96. The molecule has 1 fully saturated rings. The Morgan fingerprint density at radius 3 is 2.42 bits per heavy atom. The van der Waals surface area contributed by atoms with Gasteiger partial charge in [-0.05, 0) is 6.07 Å². The predicted molar refractivity (Wildman–Crippen MR) is 95.6 cm³/mol. The largest absolute Gasteiger partial charge is 0.494 e. The maximum atomic E-state index is 14.3. The molecule has 0 bridgehead atoms. The molecular formula is C18H23FN4O3. The molecule has 0 unspecified atom stereocenters. The summed E-state index contributed by atoms with van der Waals surface area (Å²) >= 11 is 0. The van der Waals surface area contributed by atoms with Crippen LogP contribution in [-0.4, -0.2) is 62.4 Å². The molecule has 3 rings (SSSR count). The first-order valence-corrected chi connectivity index (χ1v) is 8.40. The lowest BCUT2D eigenvalue weighted by atomic mass is 10.1. The van der Waals surface area contributed by atoms with Crippen LogP contribution >= 0.6 is 0 Å². The molecule has 8 heteroatoms. The molecule has 0 aliphatic carbocycles. The van der Waals surface area contributed by atoms with Gasteiger partial charge in [0.05, 0.1) is 21.3 Å². The highest BCUT2D eigenvalue weighted by Gasteiger charge is 2.21. The Morgan fingerprint density at radius 1 is 1.00 bits per heavy atom. The number of halogens is 1. The van der Waals surface area contributed by atoms with Gasteiger partial charge in [0.2, 0.25) is 5.88 Å². The van der Waals surface area contributed by atoms with Crippen LogP contribution in [0.2, 0.25) is 0 Å². The summed E-state index contributed by atoms with van der Waals surface area (Å²) in [5, 5.41) is 0. The first kappa shape index (κ1) is 18.2. The standard InChI is InChI=1S/C18H23FN4O3/c1-24-14-6-4-5-13(17(14)19)12-22-7-9-23(10-8-22)15-11-16(25-2)21-18(20-15)26-3/h4-6,11H,7-10,12H2,1-3H3. The van der Waals surface area contributed by atoms with E-state index < -0.39 is 0 Å². The lowest BCUT2D eigenvalue weighted by Gasteiger charge is -2.35. The zero-order valence-electron chi connectivity index (χ0n) is 15.2. The third kappa shape index (κ3) is 3.96. The molecule has 2 aromatic rings. The highest BCUT2D eigenvalue weighted by Crippen LogP contribution is 2.24. The molecule has 1 aliphatic heterocycles. The summed E-state index contributed by atoms with van der Waals surface area (Å²) in [5.74, 6) is 1.22. The molecule has 7 nitrogen and oxygen atoms in total. The number of aromatic nitrogens is 2. The number of ether oxygens (including phenoxy) is 3. The van der Waals surface area contributed by atoms with Crippen LogP contribution in [0.1, 0.15) is 5.56 Å². The van der Waals surface area contributed by atoms with E-state index in [0.717, 1.165) is 32.0 Å². The van der Waals surface area contributed by atoms with Crippen LogP contribution in [0.25, 0.3) is 0 Å². The van der Waals surface area contributed by atoms with Crippen LogP contribution in [-0.2, 0) is 6.54 Å². The molecule has 26 heavy (non-hydrogen) atoms. The van der Waals surface area contributed by atoms with Gasteiger partial charge in [-0.3, -0.25) is 4.90 Å². The summed E-state index contributed by atoms with van der Waals surface area (Å²) in [4.78, 5) is 12.9. The molecule has 1 saturated heterocycles. The Morgan fingerprint density at radius 2 is 1.77 bits per heavy atom. The van der Waals surface area contributed by atoms with Crippen molar-refractivity contribution in [2.24, 2.45) is 0 Å². The minimum atomic E-state index is -0.289. The Bertz CT molecular complexity index is 729. The average Bonchev–Trinajstić information content (AvgIpc) is 2.69. The van der Waals surface area contributed by atoms with Crippen LogP contribution in [0.15, 0.2) is 24.3 Å². The lowest BCUT2D eigenvalue weighted by molar-refractivity contribution is 0.244. The summed E-state index contributed by atoms with van der Waals surface area (Å²) < 4.78 is 29.7. The SMILES string of the molecule is COc1cc(N2CCN(Cc3cccc(OC)c3F)CC2)nc(OC)n1. The van der Waals surface area contributed by atoms with Gasteiger partial charge < -0.3 is 19.1 Å². The number of hydrogen-bond donors (Lipinski definition) is 0. The molecular weight excluding hydrogens is 339 g/mol. The first-order valence-electron chi connectivity index (χ1n) is 8.40. The number of rotatable bonds is 6. The maximum absolute atomic E-state index is 14.3. The van der Waals surface area contributed by atoms with Crippen LogP contribution in [0.5, 0.6) is 17.6 Å². The van der Waals surface area contributed by atoms with Gasteiger partial charge in [0, 0.05) is 44.4 Å². The second-order valence-corrected chi connectivity index (χ2v) is 5.95. The summed E-state index contributed by atoms with van der Waals surface area (Å²) in [6.07, 6.45) is 0. The Kier molecular flexibility index (Phi) is 5.72. The zero-order valence-corrected chi connectivity index (χ0v) is 15.2. The van der Waals surface area contributed by atoms with Crippen molar-refractivity contribution in [1.82, 2.24) is 14.9 Å². The minimum absolute atomic E-state index is 0.278. The normalized spacial score (nSPS) is 15.0. The molecule has 0 saturated carbocycles. The van der Waals surface area contributed by atoms with Crippen molar-refractivity contribution in [3.05, 3.63) is 35.6 Å². The summed E-state index contributed by atoms with van der Waals surface area (Å²) in [7, 11) is 4.57. The molecule has 2 heterocycles. The minimum Gasteiger partial charge on any atom is -0.494 e. The molecule has 0 N–H and O–H groups in total. The Labute approximate surface area is 152 Å². The van der Waals surface area contributed by atoms with Gasteiger partial charge in [-0.15, -0.1) is 0 Å². The van der Waals surface area contributed by atoms with Crippen molar-refractivity contribution in [1.29, 1.82) is 0 Å². The van der Waals surface area contributed by atoms with E-state index in [1.54, 1.807) is 25.3 Å². The second kappa shape index (κ2) is 8.18. The van der Waals surface area contributed by atoms with Crippen molar-refractivity contribution in [2.45, 2.75) is 6.54 Å². The average molecular weight is 362 g/mol. The van der Waals surface area contributed by atoms with Gasteiger partial charge in [-0.2, -0.15) is 9.97 Å². The van der Waals surface area contributed by atoms with Crippen molar-refractivity contribution in [3.63, 3.8) is 0 Å². The van der Waals surface area contributed by atoms with Crippen LogP contribution in [0.3, 0.4) is 0 Å². The van der Waals surface area contributed by atoms with Gasteiger partial charge in [0.15, 0.2) is 11.6 Å². The van der Waals surface area contributed by atoms with E-state index in [1.807, 2.05) is 6.07 Å². The quantitative estimate of drug-likeness (QED) is 0.778. The summed E-state index contributed by atoms with van der Waals surface area (Å²) in [5.41, 5.74) is 0.642. The number of hydrogen-bond acceptors (Lipinski definition) is 7. The first-order chi connectivity index (χ1) is 12.6. The van der Waals surface area contributed by atoms with Crippen LogP contribution in [0.4, 0.5) is 10.2 Å².